The van der Waals surface area contributed by atoms with Gasteiger partial charge in [0.05, 0.1) is 0 Å². The van der Waals surface area contributed by atoms with Gasteiger partial charge in [0.2, 0.25) is 5.95 Å². The van der Waals surface area contributed by atoms with Gasteiger partial charge in [0.15, 0.2) is 5.78 Å². The second-order valence-electron chi connectivity index (χ2n) is 7.81. The first kappa shape index (κ1) is 17.4. The molecule has 0 amide bonds. The maximum Gasteiger partial charge on any atom is 0.226 e. The number of hydrogen-bond acceptors (Lipinski definition) is 5. The second-order valence-corrected chi connectivity index (χ2v) is 8.79. The molecule has 0 fully saturated rings. The van der Waals surface area contributed by atoms with Crippen LogP contribution in [0, 0.1) is 0 Å². The van der Waals surface area contributed by atoms with Gasteiger partial charge < -0.3 is 5.32 Å². The van der Waals surface area contributed by atoms with Crippen molar-refractivity contribution < 1.29 is 4.79 Å². The zero-order valence-electron chi connectivity index (χ0n) is 15.9. The molecule has 1 aliphatic carbocycles. The van der Waals surface area contributed by atoms with Gasteiger partial charge in [-0.1, -0.05) is 44.2 Å². The van der Waals surface area contributed by atoms with Gasteiger partial charge in [0, 0.05) is 22.6 Å². The van der Waals surface area contributed by atoms with Crippen molar-refractivity contribution >= 4 is 23.1 Å². The van der Waals surface area contributed by atoms with E-state index in [0.717, 1.165) is 22.6 Å². The van der Waals surface area contributed by atoms with Crippen molar-refractivity contribution in [3.8, 4) is 0 Å². The fourth-order valence-corrected chi connectivity index (χ4v) is 5.07. The monoisotopic (exact) mass is 390 g/mol. The molecule has 142 valence electrons. The molecule has 1 N–H and O–H groups in total. The molecule has 3 heterocycles. The van der Waals surface area contributed by atoms with E-state index >= 15 is 0 Å². The number of carbonyl (C=O) groups excluding carboxylic acids is 1. The summed E-state index contributed by atoms with van der Waals surface area (Å²) in [5, 5.41) is 9.81. The van der Waals surface area contributed by atoms with Crippen molar-refractivity contribution in [3.05, 3.63) is 75.4 Å². The van der Waals surface area contributed by atoms with E-state index in [1.54, 1.807) is 17.7 Å². The minimum absolute atomic E-state index is 0.175. The maximum atomic E-state index is 13.3. The molecule has 2 atom stereocenters. The highest BCUT2D eigenvalue weighted by atomic mass is 32.1. The van der Waals surface area contributed by atoms with Crippen molar-refractivity contribution in [2.75, 3.05) is 5.32 Å². The highest BCUT2D eigenvalue weighted by Gasteiger charge is 2.39. The van der Waals surface area contributed by atoms with Crippen molar-refractivity contribution in [3.63, 3.8) is 0 Å². The van der Waals surface area contributed by atoms with Gasteiger partial charge in [0.1, 0.15) is 12.4 Å². The number of nitrogens with zero attached hydrogens (tertiary/aromatic N) is 3. The minimum Gasteiger partial charge on any atom is -0.328 e. The lowest BCUT2D eigenvalue weighted by Crippen LogP contribution is -2.33. The molecule has 0 bridgehead atoms. The molecule has 2 aliphatic rings. The minimum atomic E-state index is -0.175. The normalized spacial score (nSPS) is 21.5. The van der Waals surface area contributed by atoms with E-state index in [-0.39, 0.29) is 17.7 Å². The molecular formula is C22H22N4OS. The van der Waals surface area contributed by atoms with E-state index < -0.39 is 0 Å². The van der Waals surface area contributed by atoms with Gasteiger partial charge in [-0.3, -0.25) is 4.79 Å². The summed E-state index contributed by atoms with van der Waals surface area (Å²) in [7, 11) is 0. The van der Waals surface area contributed by atoms with Crippen LogP contribution >= 0.6 is 11.3 Å². The Bertz CT molecular complexity index is 1050. The van der Waals surface area contributed by atoms with Crippen molar-refractivity contribution in [1.82, 2.24) is 14.8 Å². The third kappa shape index (κ3) is 2.79. The van der Waals surface area contributed by atoms with Crippen LogP contribution in [0.25, 0.3) is 0 Å². The first-order valence-corrected chi connectivity index (χ1v) is 10.6. The van der Waals surface area contributed by atoms with E-state index in [4.69, 9.17) is 0 Å². The maximum absolute atomic E-state index is 13.3. The van der Waals surface area contributed by atoms with Crippen LogP contribution < -0.4 is 5.32 Å². The van der Waals surface area contributed by atoms with Gasteiger partial charge in [-0.25, -0.2) is 4.68 Å². The lowest BCUT2D eigenvalue weighted by molar-refractivity contribution is -0.116. The highest BCUT2D eigenvalue weighted by Crippen LogP contribution is 2.44. The molecule has 3 aromatic rings. The quantitative estimate of drug-likeness (QED) is 0.692. The van der Waals surface area contributed by atoms with Crippen LogP contribution in [-0.2, 0) is 4.79 Å². The summed E-state index contributed by atoms with van der Waals surface area (Å²) in [4.78, 5) is 18.8. The lowest BCUT2D eigenvalue weighted by atomic mass is 9.78. The average Bonchev–Trinajstić information content (AvgIpc) is 3.38. The van der Waals surface area contributed by atoms with Crippen LogP contribution in [0.1, 0.15) is 60.6 Å². The number of Topliss-reactive ketones (excluding diaryl/α,β-unsaturated/α-hetero) is 1. The lowest BCUT2D eigenvalue weighted by Gasteiger charge is -2.34. The fraction of sp³-hybridized carbons (Fsp3) is 0.318. The number of anilines is 1. The topological polar surface area (TPSA) is 59.8 Å². The molecule has 1 aromatic carbocycles. The van der Waals surface area contributed by atoms with Crippen LogP contribution in [0.5, 0.6) is 0 Å². The van der Waals surface area contributed by atoms with E-state index in [1.165, 1.54) is 11.1 Å². The summed E-state index contributed by atoms with van der Waals surface area (Å²) in [6.45, 7) is 4.39. The Kier molecular flexibility index (Phi) is 4.16. The van der Waals surface area contributed by atoms with Gasteiger partial charge in [-0.15, -0.1) is 11.3 Å². The smallest absolute Gasteiger partial charge is 0.226 e. The van der Waals surface area contributed by atoms with E-state index in [1.807, 2.05) is 16.1 Å². The molecule has 0 spiro atoms. The van der Waals surface area contributed by atoms with Crippen molar-refractivity contribution in [2.24, 2.45) is 0 Å². The Morgan fingerprint density at radius 2 is 2.00 bits per heavy atom. The largest absolute Gasteiger partial charge is 0.328 e. The van der Waals surface area contributed by atoms with Crippen LogP contribution in [0.3, 0.4) is 0 Å². The number of hydrogen-bond donors (Lipinski definition) is 1. The van der Waals surface area contributed by atoms with Crippen LogP contribution in [0.15, 0.2) is 59.4 Å². The number of rotatable bonds is 3. The molecule has 6 heteroatoms. The van der Waals surface area contributed by atoms with E-state index in [0.29, 0.717) is 18.3 Å². The van der Waals surface area contributed by atoms with Gasteiger partial charge in [0.25, 0.3) is 0 Å². The first-order chi connectivity index (χ1) is 13.6. The summed E-state index contributed by atoms with van der Waals surface area (Å²) in [6, 6.07) is 12.7. The standard InChI is InChI=1S/C22H22N4OS/c1-13(2)14-5-7-15(8-6-14)16-10-17-20(18(27)11-16)21(19-4-3-9-28-19)26-22(25-17)23-12-24-26/h3-9,12-13,16,21H,10-11H2,1-2H3,(H,23,24,25)/t16-,21+/m0/s1. The number of allylic oxidation sites excluding steroid dienone is 2. The number of fused-ring (bicyclic) bond motifs is 1. The second kappa shape index (κ2) is 6.71. The number of ketones is 1. The molecule has 28 heavy (non-hydrogen) atoms. The first-order valence-electron chi connectivity index (χ1n) is 9.68. The number of benzene rings is 1. The predicted molar refractivity (Wildman–Crippen MR) is 111 cm³/mol. The number of aromatic nitrogens is 3. The molecule has 5 rings (SSSR count). The van der Waals surface area contributed by atoms with E-state index in [9.17, 15) is 4.79 Å². The van der Waals surface area contributed by atoms with Crippen molar-refractivity contribution in [2.45, 2.75) is 44.6 Å². The Morgan fingerprint density at radius 1 is 1.18 bits per heavy atom. The Hall–Kier alpha value is -2.73. The molecular weight excluding hydrogens is 368 g/mol. The zero-order chi connectivity index (χ0) is 19.3. The van der Waals surface area contributed by atoms with Crippen LogP contribution in [0.2, 0.25) is 0 Å². The fourth-order valence-electron chi connectivity index (χ4n) is 4.25. The number of nitrogens with one attached hydrogen (secondary N) is 1. The van der Waals surface area contributed by atoms with Gasteiger partial charge in [-0.05, 0) is 40.8 Å². The molecule has 0 saturated carbocycles. The highest BCUT2D eigenvalue weighted by molar-refractivity contribution is 7.10. The van der Waals surface area contributed by atoms with Crippen LogP contribution in [0.4, 0.5) is 5.95 Å². The van der Waals surface area contributed by atoms with E-state index in [2.05, 4.69) is 59.6 Å². The third-order valence-corrected chi connectivity index (χ3v) is 6.67. The third-order valence-electron chi connectivity index (χ3n) is 5.75. The molecule has 2 aromatic heterocycles. The molecule has 0 saturated heterocycles. The molecule has 1 aliphatic heterocycles. The molecule has 0 radical (unpaired) electrons. The predicted octanol–water partition coefficient (Wildman–Crippen LogP) is 4.88. The Labute approximate surface area is 168 Å². The Balaban J connectivity index is 1.52. The number of thiophene rings is 1. The summed E-state index contributed by atoms with van der Waals surface area (Å²) in [5.41, 5.74) is 4.39. The summed E-state index contributed by atoms with van der Waals surface area (Å²) in [5.74, 6) is 1.61. The summed E-state index contributed by atoms with van der Waals surface area (Å²) in [6.07, 6.45) is 2.90. The molecule has 5 nitrogen and oxygen atoms in total. The Morgan fingerprint density at radius 3 is 2.71 bits per heavy atom. The summed E-state index contributed by atoms with van der Waals surface area (Å²) < 4.78 is 1.83. The van der Waals surface area contributed by atoms with Crippen molar-refractivity contribution in [1.29, 1.82) is 0 Å². The average molecular weight is 391 g/mol. The number of carbonyl (C=O) groups is 1. The zero-order valence-corrected chi connectivity index (χ0v) is 16.7. The SMILES string of the molecule is CC(C)c1ccc([C@@H]2CC(=O)C3=C(C2)Nc2ncnn2[C@@H]3c2cccs2)cc1. The van der Waals surface area contributed by atoms with Gasteiger partial charge in [-0.2, -0.15) is 10.1 Å². The summed E-state index contributed by atoms with van der Waals surface area (Å²) >= 11 is 1.65. The van der Waals surface area contributed by atoms with Gasteiger partial charge >= 0.3 is 0 Å². The molecule has 0 unspecified atom stereocenters. The van der Waals surface area contributed by atoms with Crippen LogP contribution in [-0.4, -0.2) is 20.5 Å².